The number of nitrogens with zero attached hydrogens (tertiary/aromatic N) is 3. The number of likely N-dealkylation sites (N-methyl/N-ethyl adjacent to an activating group) is 1. The van der Waals surface area contributed by atoms with Crippen LogP contribution in [-0.2, 0) is 14.3 Å². The molecule has 158 valence electrons. The number of ether oxygens (including phenoxy) is 2. The first kappa shape index (κ1) is 21.3. The Morgan fingerprint density at radius 3 is 2.34 bits per heavy atom. The third-order valence-corrected chi connectivity index (χ3v) is 5.71. The number of amides is 2. The van der Waals surface area contributed by atoms with Crippen LogP contribution in [0.25, 0.3) is 5.57 Å². The average molecular weight is 402 g/mol. The molecule has 0 unspecified atom stereocenters. The maximum Gasteiger partial charge on any atom is 0.277 e. The first-order chi connectivity index (χ1) is 14.0. The molecule has 0 radical (unpaired) electrons. The molecule has 2 amide bonds. The second-order valence-electron chi connectivity index (χ2n) is 7.58. The summed E-state index contributed by atoms with van der Waals surface area (Å²) in [5.74, 6) is 0.249. The second kappa shape index (κ2) is 9.41. The van der Waals surface area contributed by atoms with Crippen molar-refractivity contribution in [1.82, 2.24) is 14.7 Å². The van der Waals surface area contributed by atoms with E-state index in [1.165, 1.54) is 4.90 Å². The van der Waals surface area contributed by atoms with Gasteiger partial charge in [0.2, 0.25) is 0 Å². The monoisotopic (exact) mass is 401 g/mol. The standard InChI is InChI=1S/C22H31N3O4/c1-5-29-18-8-6-16(7-9-18)19-20(22(27)25(21(19)26)14-15-28-4)24(3)17-10-12-23(2)13-11-17/h6-9,17H,5,10-15H2,1-4H3. The molecular formula is C22H31N3O4. The number of methoxy groups -OCH3 is 1. The van der Waals surface area contributed by atoms with Gasteiger partial charge in [-0.05, 0) is 57.6 Å². The minimum Gasteiger partial charge on any atom is -0.494 e. The second-order valence-corrected chi connectivity index (χ2v) is 7.58. The minimum absolute atomic E-state index is 0.234. The molecule has 0 aliphatic carbocycles. The molecule has 0 aromatic heterocycles. The van der Waals surface area contributed by atoms with Crippen molar-refractivity contribution in [3.63, 3.8) is 0 Å². The van der Waals surface area contributed by atoms with Gasteiger partial charge in [0.05, 0.1) is 25.3 Å². The quantitative estimate of drug-likeness (QED) is 0.620. The van der Waals surface area contributed by atoms with Crippen LogP contribution in [0.15, 0.2) is 30.0 Å². The first-order valence-electron chi connectivity index (χ1n) is 10.2. The van der Waals surface area contributed by atoms with Gasteiger partial charge in [-0.25, -0.2) is 0 Å². The molecule has 0 spiro atoms. The van der Waals surface area contributed by atoms with Crippen molar-refractivity contribution in [3.8, 4) is 5.75 Å². The van der Waals surface area contributed by atoms with Crippen LogP contribution in [0, 0.1) is 0 Å². The molecule has 1 aromatic rings. The normalized spacial score (nSPS) is 18.7. The summed E-state index contributed by atoms with van der Waals surface area (Å²) in [5.41, 5.74) is 1.70. The summed E-state index contributed by atoms with van der Waals surface area (Å²) in [4.78, 5) is 32.1. The Bertz CT molecular complexity index is 767. The molecular weight excluding hydrogens is 370 g/mol. The summed E-state index contributed by atoms with van der Waals surface area (Å²) in [7, 11) is 5.61. The Morgan fingerprint density at radius 2 is 1.76 bits per heavy atom. The minimum atomic E-state index is -0.258. The Labute approximate surface area is 172 Å². The zero-order valence-corrected chi connectivity index (χ0v) is 17.8. The molecule has 1 saturated heterocycles. The van der Waals surface area contributed by atoms with E-state index in [0.717, 1.165) is 37.2 Å². The van der Waals surface area contributed by atoms with Gasteiger partial charge in [0.25, 0.3) is 11.8 Å². The summed E-state index contributed by atoms with van der Waals surface area (Å²) in [6.07, 6.45) is 1.93. The number of benzene rings is 1. The highest BCUT2D eigenvalue weighted by Crippen LogP contribution is 2.34. The molecule has 0 N–H and O–H groups in total. The number of likely N-dealkylation sites (tertiary alicyclic amines) is 1. The van der Waals surface area contributed by atoms with E-state index in [4.69, 9.17) is 9.47 Å². The van der Waals surface area contributed by atoms with Crippen molar-refractivity contribution in [1.29, 1.82) is 0 Å². The van der Waals surface area contributed by atoms with Gasteiger partial charge in [-0.15, -0.1) is 0 Å². The van der Waals surface area contributed by atoms with Gasteiger partial charge in [0.15, 0.2) is 0 Å². The fourth-order valence-electron chi connectivity index (χ4n) is 3.99. The van der Waals surface area contributed by atoms with Gasteiger partial charge in [-0.3, -0.25) is 14.5 Å². The molecule has 29 heavy (non-hydrogen) atoms. The molecule has 0 saturated carbocycles. The van der Waals surface area contributed by atoms with Gasteiger partial charge in [0, 0.05) is 20.2 Å². The van der Waals surface area contributed by atoms with Crippen LogP contribution in [0.2, 0.25) is 0 Å². The lowest BCUT2D eigenvalue weighted by molar-refractivity contribution is -0.138. The van der Waals surface area contributed by atoms with Gasteiger partial charge in [-0.1, -0.05) is 12.1 Å². The van der Waals surface area contributed by atoms with Gasteiger partial charge in [-0.2, -0.15) is 0 Å². The fraction of sp³-hybridized carbons (Fsp3) is 0.545. The topological polar surface area (TPSA) is 62.3 Å². The van der Waals surface area contributed by atoms with Crippen LogP contribution in [-0.4, -0.2) is 86.6 Å². The number of rotatable bonds is 8. The molecule has 2 aliphatic rings. The van der Waals surface area contributed by atoms with Crippen LogP contribution >= 0.6 is 0 Å². The zero-order chi connectivity index (χ0) is 21.0. The molecule has 2 aliphatic heterocycles. The highest BCUT2D eigenvalue weighted by molar-refractivity contribution is 6.35. The van der Waals surface area contributed by atoms with Crippen molar-refractivity contribution in [2.24, 2.45) is 0 Å². The molecule has 7 heteroatoms. The summed E-state index contributed by atoms with van der Waals surface area (Å²) < 4.78 is 10.6. The number of carbonyl (C=O) groups excluding carboxylic acids is 2. The summed E-state index contributed by atoms with van der Waals surface area (Å²) in [5, 5.41) is 0. The summed E-state index contributed by atoms with van der Waals surface area (Å²) in [6.45, 7) is 5.04. The molecule has 0 bridgehead atoms. The maximum atomic E-state index is 13.2. The zero-order valence-electron chi connectivity index (χ0n) is 17.8. The van der Waals surface area contributed by atoms with Crippen LogP contribution < -0.4 is 4.74 Å². The number of piperidine rings is 1. The van der Waals surface area contributed by atoms with Gasteiger partial charge >= 0.3 is 0 Å². The lowest BCUT2D eigenvalue weighted by atomic mass is 10.00. The first-order valence-corrected chi connectivity index (χ1v) is 10.2. The molecule has 1 aromatic carbocycles. The SMILES string of the molecule is CCOc1ccc(C2=C(N(C)C3CCN(C)CC3)C(=O)N(CCOC)C2=O)cc1. The van der Waals surface area contributed by atoms with E-state index < -0.39 is 0 Å². The number of carbonyl (C=O) groups is 2. The number of hydrogen-bond donors (Lipinski definition) is 0. The van der Waals surface area contributed by atoms with E-state index in [-0.39, 0.29) is 24.4 Å². The molecule has 3 rings (SSSR count). The summed E-state index contributed by atoms with van der Waals surface area (Å²) >= 11 is 0. The number of hydrogen-bond acceptors (Lipinski definition) is 6. The van der Waals surface area contributed by atoms with Crippen molar-refractivity contribution in [3.05, 3.63) is 35.5 Å². The highest BCUT2D eigenvalue weighted by atomic mass is 16.5. The van der Waals surface area contributed by atoms with Crippen LogP contribution in [0.4, 0.5) is 0 Å². The smallest absolute Gasteiger partial charge is 0.277 e. The molecule has 0 atom stereocenters. The van der Waals surface area contributed by atoms with E-state index >= 15 is 0 Å². The maximum absolute atomic E-state index is 13.2. The van der Waals surface area contributed by atoms with Crippen molar-refractivity contribution in [2.75, 3.05) is 54.1 Å². The number of imide groups is 1. The third-order valence-electron chi connectivity index (χ3n) is 5.71. The van der Waals surface area contributed by atoms with Crippen molar-refractivity contribution >= 4 is 17.4 Å². The lowest BCUT2D eigenvalue weighted by Crippen LogP contribution is -2.44. The van der Waals surface area contributed by atoms with Gasteiger partial charge in [0.1, 0.15) is 11.4 Å². The third kappa shape index (κ3) is 4.46. The van der Waals surface area contributed by atoms with E-state index in [1.54, 1.807) is 7.11 Å². The molecule has 2 heterocycles. The van der Waals surface area contributed by atoms with Gasteiger partial charge < -0.3 is 19.3 Å². The van der Waals surface area contributed by atoms with Crippen LogP contribution in [0.5, 0.6) is 5.75 Å². The van der Waals surface area contributed by atoms with Crippen LogP contribution in [0.1, 0.15) is 25.3 Å². The van der Waals surface area contributed by atoms with Crippen LogP contribution in [0.3, 0.4) is 0 Å². The van der Waals surface area contributed by atoms with Crippen molar-refractivity contribution < 1.29 is 19.1 Å². The predicted octanol–water partition coefficient (Wildman–Crippen LogP) is 1.84. The lowest BCUT2D eigenvalue weighted by Gasteiger charge is -2.36. The predicted molar refractivity (Wildman–Crippen MR) is 111 cm³/mol. The van der Waals surface area contributed by atoms with Crippen molar-refractivity contribution in [2.45, 2.75) is 25.8 Å². The highest BCUT2D eigenvalue weighted by Gasteiger charge is 2.42. The van der Waals surface area contributed by atoms with E-state index in [2.05, 4.69) is 11.9 Å². The summed E-state index contributed by atoms with van der Waals surface area (Å²) in [6, 6.07) is 7.63. The van der Waals surface area contributed by atoms with E-state index in [1.807, 2.05) is 43.1 Å². The Kier molecular flexibility index (Phi) is 6.92. The Hall–Kier alpha value is -2.38. The Morgan fingerprint density at radius 1 is 1.10 bits per heavy atom. The fourth-order valence-corrected chi connectivity index (χ4v) is 3.99. The largest absolute Gasteiger partial charge is 0.494 e. The Balaban J connectivity index is 1.96. The van der Waals surface area contributed by atoms with E-state index in [9.17, 15) is 9.59 Å². The average Bonchev–Trinajstić information content (AvgIpc) is 2.97. The molecule has 1 fully saturated rings. The molecule has 7 nitrogen and oxygen atoms in total. The van der Waals surface area contributed by atoms with E-state index in [0.29, 0.717) is 24.5 Å².